The Hall–Kier alpha value is -2.29. The number of hydrogen-bond acceptors (Lipinski definition) is 3. The van der Waals surface area contributed by atoms with Crippen molar-refractivity contribution in [3.05, 3.63) is 29.3 Å². The summed E-state index contributed by atoms with van der Waals surface area (Å²) in [7, 11) is 0. The van der Waals surface area contributed by atoms with Gasteiger partial charge in [0.1, 0.15) is 0 Å². The third-order valence-corrected chi connectivity index (χ3v) is 2.16. The van der Waals surface area contributed by atoms with Gasteiger partial charge in [0.05, 0.1) is 5.56 Å². The smallest absolute Gasteiger partial charge is 0.416 e. The van der Waals surface area contributed by atoms with Gasteiger partial charge >= 0.3 is 18.2 Å². The van der Waals surface area contributed by atoms with Crippen molar-refractivity contribution in [1.29, 1.82) is 0 Å². The number of urea groups is 1. The van der Waals surface area contributed by atoms with Crippen LogP contribution in [0, 0.1) is 6.92 Å². The number of nitrogens with one attached hydrogen (secondary N) is 2. The van der Waals surface area contributed by atoms with Gasteiger partial charge in [0.2, 0.25) is 0 Å². The number of anilines is 1. The van der Waals surface area contributed by atoms with E-state index in [2.05, 4.69) is 10.2 Å². The maximum Gasteiger partial charge on any atom is 0.416 e. The Balaban J connectivity index is 2.69. The van der Waals surface area contributed by atoms with Crippen molar-refractivity contribution in [2.24, 2.45) is 0 Å². The molecule has 0 heterocycles. The van der Waals surface area contributed by atoms with Gasteiger partial charge in [-0.05, 0) is 24.6 Å². The predicted octanol–water partition coefficient (Wildman–Crippen LogP) is 2.15. The number of aryl methyl sites for hydroxylation is 1. The topological polar surface area (TPSA) is 87.7 Å². The molecule has 2 amide bonds. The van der Waals surface area contributed by atoms with E-state index in [1.54, 1.807) is 5.48 Å². The summed E-state index contributed by atoms with van der Waals surface area (Å²) < 4.78 is 37.9. The Bertz CT molecular complexity index is 517. The van der Waals surface area contributed by atoms with Gasteiger partial charge in [0.15, 0.2) is 6.61 Å². The lowest BCUT2D eigenvalue weighted by atomic mass is 10.1. The molecule has 9 heteroatoms. The molecule has 0 saturated heterocycles. The van der Waals surface area contributed by atoms with Gasteiger partial charge in [0.25, 0.3) is 0 Å². The standard InChI is InChI=1S/C11H11F3N2O4/c1-6-2-3-7(4-8(6)11(12,13)14)15-10(19)16-20-5-9(17)18/h2-4H,5H2,1H3,(H,17,18)(H2,15,16,19). The van der Waals surface area contributed by atoms with Crippen molar-refractivity contribution in [3.63, 3.8) is 0 Å². The molecular weight excluding hydrogens is 281 g/mol. The summed E-state index contributed by atoms with van der Waals surface area (Å²) in [6, 6.07) is 2.27. The summed E-state index contributed by atoms with van der Waals surface area (Å²) in [5.74, 6) is -1.31. The number of carbonyl (C=O) groups excluding carboxylic acids is 1. The molecule has 1 aromatic carbocycles. The van der Waals surface area contributed by atoms with Crippen LogP contribution in [0.25, 0.3) is 0 Å². The molecule has 20 heavy (non-hydrogen) atoms. The van der Waals surface area contributed by atoms with E-state index in [4.69, 9.17) is 5.11 Å². The first-order chi connectivity index (χ1) is 9.20. The van der Waals surface area contributed by atoms with Crippen molar-refractivity contribution in [2.75, 3.05) is 11.9 Å². The molecular formula is C11H11F3N2O4. The fourth-order valence-corrected chi connectivity index (χ4v) is 1.33. The van der Waals surface area contributed by atoms with Gasteiger partial charge in [-0.3, -0.25) is 4.84 Å². The molecule has 0 spiro atoms. The molecule has 0 aliphatic carbocycles. The number of rotatable bonds is 4. The number of hydroxylamine groups is 1. The van der Waals surface area contributed by atoms with Crippen molar-refractivity contribution in [3.8, 4) is 0 Å². The predicted molar refractivity (Wildman–Crippen MR) is 61.9 cm³/mol. The van der Waals surface area contributed by atoms with Crippen molar-refractivity contribution >= 4 is 17.7 Å². The van der Waals surface area contributed by atoms with E-state index in [1.807, 2.05) is 0 Å². The van der Waals surface area contributed by atoms with Gasteiger partial charge in [-0.15, -0.1) is 0 Å². The highest BCUT2D eigenvalue weighted by Crippen LogP contribution is 2.33. The zero-order chi connectivity index (χ0) is 15.3. The van der Waals surface area contributed by atoms with E-state index in [9.17, 15) is 22.8 Å². The van der Waals surface area contributed by atoms with E-state index < -0.39 is 30.3 Å². The second-order valence-electron chi connectivity index (χ2n) is 3.77. The molecule has 110 valence electrons. The van der Waals surface area contributed by atoms with Crippen LogP contribution in [0.5, 0.6) is 0 Å². The van der Waals surface area contributed by atoms with Crippen LogP contribution < -0.4 is 10.8 Å². The largest absolute Gasteiger partial charge is 0.479 e. The summed E-state index contributed by atoms with van der Waals surface area (Å²) in [4.78, 5) is 25.6. The van der Waals surface area contributed by atoms with E-state index in [1.165, 1.54) is 19.1 Å². The summed E-state index contributed by atoms with van der Waals surface area (Å²) in [6.07, 6.45) is -4.53. The highest BCUT2D eigenvalue weighted by atomic mass is 19.4. The van der Waals surface area contributed by atoms with Gasteiger partial charge in [0, 0.05) is 5.69 Å². The van der Waals surface area contributed by atoms with E-state index in [0.717, 1.165) is 6.07 Å². The van der Waals surface area contributed by atoms with Gasteiger partial charge in [-0.1, -0.05) is 6.07 Å². The minimum Gasteiger partial charge on any atom is -0.479 e. The maximum atomic E-state index is 12.6. The Morgan fingerprint density at radius 2 is 2.00 bits per heavy atom. The first kappa shape index (κ1) is 15.8. The number of carboxylic acids is 1. The summed E-state index contributed by atoms with van der Waals surface area (Å²) in [5.41, 5.74) is 0.771. The number of benzene rings is 1. The number of hydrogen-bond donors (Lipinski definition) is 3. The molecule has 0 fully saturated rings. The normalized spacial score (nSPS) is 11.0. The molecule has 1 aromatic rings. The highest BCUT2D eigenvalue weighted by molar-refractivity contribution is 5.88. The first-order valence-electron chi connectivity index (χ1n) is 5.28. The number of carboxylic acid groups (broad SMARTS) is 1. The van der Waals surface area contributed by atoms with Crippen molar-refractivity contribution < 1.29 is 32.7 Å². The van der Waals surface area contributed by atoms with Gasteiger partial charge < -0.3 is 10.4 Å². The molecule has 0 saturated carbocycles. The minimum absolute atomic E-state index is 0.0191. The van der Waals surface area contributed by atoms with Gasteiger partial charge in [-0.2, -0.15) is 13.2 Å². The Morgan fingerprint density at radius 3 is 2.55 bits per heavy atom. The molecule has 0 bridgehead atoms. The second-order valence-corrected chi connectivity index (χ2v) is 3.77. The molecule has 0 unspecified atom stereocenters. The zero-order valence-corrected chi connectivity index (χ0v) is 10.2. The summed E-state index contributed by atoms with van der Waals surface area (Å²) >= 11 is 0. The van der Waals surface area contributed by atoms with Crippen LogP contribution in [0.2, 0.25) is 0 Å². The second kappa shape index (κ2) is 6.24. The lowest BCUT2D eigenvalue weighted by Crippen LogP contribution is -2.30. The highest BCUT2D eigenvalue weighted by Gasteiger charge is 2.32. The molecule has 0 aliphatic rings. The van der Waals surface area contributed by atoms with Crippen LogP contribution in [0.1, 0.15) is 11.1 Å². The SMILES string of the molecule is Cc1ccc(NC(=O)NOCC(=O)O)cc1C(F)(F)F. The first-order valence-corrected chi connectivity index (χ1v) is 5.28. The summed E-state index contributed by atoms with van der Waals surface area (Å²) in [6.45, 7) is 0.526. The van der Waals surface area contributed by atoms with Gasteiger partial charge in [-0.25, -0.2) is 15.1 Å². The van der Waals surface area contributed by atoms with Crippen LogP contribution in [-0.2, 0) is 15.8 Å². The fraction of sp³-hybridized carbons (Fsp3) is 0.273. The zero-order valence-electron chi connectivity index (χ0n) is 10.2. The Morgan fingerprint density at radius 1 is 1.35 bits per heavy atom. The molecule has 0 aliphatic heterocycles. The van der Waals surface area contributed by atoms with Crippen LogP contribution in [0.4, 0.5) is 23.7 Å². The Labute approximate surface area is 111 Å². The van der Waals surface area contributed by atoms with E-state index in [0.29, 0.717) is 0 Å². The quantitative estimate of drug-likeness (QED) is 0.742. The van der Waals surface area contributed by atoms with Crippen LogP contribution in [0.3, 0.4) is 0 Å². The Kier molecular flexibility index (Phi) is 4.92. The molecule has 0 aromatic heterocycles. The lowest BCUT2D eigenvalue weighted by molar-refractivity contribution is -0.144. The number of carbonyl (C=O) groups is 2. The molecule has 6 nitrogen and oxygen atoms in total. The molecule has 1 rings (SSSR count). The lowest BCUT2D eigenvalue weighted by Gasteiger charge is -2.13. The summed E-state index contributed by atoms with van der Waals surface area (Å²) in [5, 5.41) is 10.3. The number of aliphatic carboxylic acids is 1. The van der Waals surface area contributed by atoms with Crippen LogP contribution in [0.15, 0.2) is 18.2 Å². The fourth-order valence-electron chi connectivity index (χ4n) is 1.33. The van der Waals surface area contributed by atoms with Crippen molar-refractivity contribution in [2.45, 2.75) is 13.1 Å². The van der Waals surface area contributed by atoms with E-state index in [-0.39, 0.29) is 11.3 Å². The minimum atomic E-state index is -4.53. The average molecular weight is 292 g/mol. The number of alkyl halides is 3. The van der Waals surface area contributed by atoms with Crippen molar-refractivity contribution in [1.82, 2.24) is 5.48 Å². The number of halogens is 3. The van der Waals surface area contributed by atoms with Crippen LogP contribution in [-0.4, -0.2) is 23.7 Å². The van der Waals surface area contributed by atoms with E-state index >= 15 is 0 Å². The number of amides is 2. The monoisotopic (exact) mass is 292 g/mol. The maximum absolute atomic E-state index is 12.6. The van der Waals surface area contributed by atoms with Crippen LogP contribution >= 0.6 is 0 Å². The molecule has 0 atom stereocenters. The third-order valence-electron chi connectivity index (χ3n) is 2.16. The molecule has 0 radical (unpaired) electrons. The third kappa shape index (κ3) is 4.76. The molecule has 3 N–H and O–H groups in total. The average Bonchev–Trinajstić information content (AvgIpc) is 2.29.